The first-order valence-corrected chi connectivity index (χ1v) is 11.7. The molecular weight excluding hydrogens is 452 g/mol. The minimum Gasteiger partial charge on any atom is -0.494 e. The highest BCUT2D eigenvalue weighted by Crippen LogP contribution is 2.39. The van der Waals surface area contributed by atoms with Gasteiger partial charge in [0, 0.05) is 31.0 Å². The molecule has 1 aliphatic heterocycles. The van der Waals surface area contributed by atoms with Crippen LogP contribution < -0.4 is 20.3 Å². The minimum atomic E-state index is -0.255. The van der Waals surface area contributed by atoms with Crippen molar-refractivity contribution in [1.29, 1.82) is 0 Å². The van der Waals surface area contributed by atoms with Crippen LogP contribution in [-0.4, -0.2) is 54.3 Å². The lowest BCUT2D eigenvalue weighted by molar-refractivity contribution is 0.102. The summed E-state index contributed by atoms with van der Waals surface area (Å²) in [6.45, 7) is 3.52. The second-order valence-corrected chi connectivity index (χ2v) is 8.64. The van der Waals surface area contributed by atoms with Gasteiger partial charge >= 0.3 is 0 Å². The van der Waals surface area contributed by atoms with Gasteiger partial charge in [-0.1, -0.05) is 17.4 Å². The molecule has 5 rings (SSSR count). The number of hydrogen-bond donors (Lipinski definition) is 2. The molecule has 0 radical (unpaired) electrons. The third-order valence-electron chi connectivity index (χ3n) is 5.48. The molecule has 0 saturated carbocycles. The summed E-state index contributed by atoms with van der Waals surface area (Å²) in [5.74, 6) is 1.02. The Balaban J connectivity index is 1.35. The van der Waals surface area contributed by atoms with E-state index in [9.17, 15) is 4.79 Å². The van der Waals surface area contributed by atoms with Gasteiger partial charge in [-0.3, -0.25) is 15.1 Å². The predicted octanol–water partition coefficient (Wildman–Crippen LogP) is 3.80. The molecular formula is C24H24N6O3S. The number of carbonyl (C=O) groups excluding carboxylic acids is 1. The van der Waals surface area contributed by atoms with Gasteiger partial charge in [0.1, 0.15) is 17.1 Å². The lowest BCUT2D eigenvalue weighted by Gasteiger charge is -2.29. The SMILES string of the molecule is COc1ccc(N2CCOCC2)c2sc(NC(=O)c3ccnc(NCc4ccccn4)c3)nc12. The third kappa shape index (κ3) is 4.78. The number of rotatable bonds is 7. The highest BCUT2D eigenvalue weighted by molar-refractivity contribution is 7.23. The number of methoxy groups -OCH3 is 1. The van der Waals surface area contributed by atoms with Gasteiger partial charge in [-0.15, -0.1) is 0 Å². The third-order valence-corrected chi connectivity index (χ3v) is 6.47. The van der Waals surface area contributed by atoms with Gasteiger partial charge in [-0.2, -0.15) is 0 Å². The molecule has 4 heterocycles. The number of nitrogens with one attached hydrogen (secondary N) is 2. The standard InChI is InChI=1S/C24H24N6O3S/c1-32-19-6-5-18(30-10-12-33-13-11-30)22-21(19)28-24(34-22)29-23(31)16-7-9-26-20(14-16)27-15-17-4-2-3-8-25-17/h2-9,14H,10-13,15H2,1H3,(H,26,27)(H,28,29,31). The molecule has 0 aliphatic carbocycles. The number of thiazole rings is 1. The zero-order valence-electron chi connectivity index (χ0n) is 18.7. The van der Waals surface area contributed by atoms with Crippen LogP contribution in [0.25, 0.3) is 10.2 Å². The summed E-state index contributed by atoms with van der Waals surface area (Å²) in [6, 6.07) is 13.1. The number of benzene rings is 1. The lowest BCUT2D eigenvalue weighted by Crippen LogP contribution is -2.36. The number of anilines is 3. The molecule has 0 unspecified atom stereocenters. The Morgan fingerprint density at radius 2 is 2.03 bits per heavy atom. The van der Waals surface area contributed by atoms with E-state index in [0.29, 0.717) is 42.0 Å². The van der Waals surface area contributed by atoms with Crippen LogP contribution in [0.5, 0.6) is 5.75 Å². The van der Waals surface area contributed by atoms with Crippen LogP contribution >= 0.6 is 11.3 Å². The molecule has 1 saturated heterocycles. The van der Waals surface area contributed by atoms with Crippen molar-refractivity contribution in [2.45, 2.75) is 6.54 Å². The van der Waals surface area contributed by atoms with Gasteiger partial charge in [0.25, 0.3) is 5.91 Å². The zero-order chi connectivity index (χ0) is 23.3. The average Bonchev–Trinajstić information content (AvgIpc) is 3.31. The highest BCUT2D eigenvalue weighted by Gasteiger charge is 2.20. The molecule has 4 aromatic rings. The van der Waals surface area contributed by atoms with Gasteiger partial charge < -0.3 is 19.7 Å². The van der Waals surface area contributed by atoms with Gasteiger partial charge in [0.2, 0.25) is 0 Å². The monoisotopic (exact) mass is 476 g/mol. The average molecular weight is 477 g/mol. The van der Waals surface area contributed by atoms with Crippen LogP contribution in [0.1, 0.15) is 16.1 Å². The highest BCUT2D eigenvalue weighted by atomic mass is 32.1. The Morgan fingerprint density at radius 3 is 2.82 bits per heavy atom. The van der Waals surface area contributed by atoms with Gasteiger partial charge in [0.15, 0.2) is 5.13 Å². The van der Waals surface area contributed by atoms with Crippen LogP contribution in [-0.2, 0) is 11.3 Å². The summed E-state index contributed by atoms with van der Waals surface area (Å²) in [7, 11) is 1.62. The van der Waals surface area contributed by atoms with E-state index in [-0.39, 0.29) is 5.91 Å². The van der Waals surface area contributed by atoms with E-state index >= 15 is 0 Å². The molecule has 10 heteroatoms. The molecule has 34 heavy (non-hydrogen) atoms. The number of amides is 1. The predicted molar refractivity (Wildman–Crippen MR) is 133 cm³/mol. The van der Waals surface area contributed by atoms with Crippen molar-refractivity contribution in [1.82, 2.24) is 15.0 Å². The molecule has 3 aromatic heterocycles. The fourth-order valence-electron chi connectivity index (χ4n) is 3.76. The number of morpholine rings is 1. The number of carbonyl (C=O) groups is 1. The fraction of sp³-hybridized carbons (Fsp3) is 0.250. The van der Waals surface area contributed by atoms with E-state index in [1.165, 1.54) is 11.3 Å². The molecule has 2 N–H and O–H groups in total. The number of hydrogen-bond acceptors (Lipinski definition) is 9. The number of ether oxygens (including phenoxy) is 2. The van der Waals surface area contributed by atoms with Crippen molar-refractivity contribution in [2.24, 2.45) is 0 Å². The van der Waals surface area contributed by atoms with E-state index in [1.54, 1.807) is 31.6 Å². The van der Waals surface area contributed by atoms with Gasteiger partial charge in [-0.25, -0.2) is 9.97 Å². The van der Waals surface area contributed by atoms with Crippen LogP contribution in [0.15, 0.2) is 54.9 Å². The summed E-state index contributed by atoms with van der Waals surface area (Å²) in [4.78, 5) is 28.5. The Hall–Kier alpha value is -3.76. The molecule has 1 aromatic carbocycles. The maximum atomic E-state index is 13.0. The molecule has 174 valence electrons. The van der Waals surface area contributed by atoms with E-state index in [0.717, 1.165) is 34.7 Å². The fourth-order valence-corrected chi connectivity index (χ4v) is 4.78. The molecule has 0 bridgehead atoms. The zero-order valence-corrected chi connectivity index (χ0v) is 19.5. The molecule has 1 amide bonds. The van der Waals surface area contributed by atoms with Crippen LogP contribution in [0.4, 0.5) is 16.6 Å². The van der Waals surface area contributed by atoms with Crippen molar-refractivity contribution in [3.63, 3.8) is 0 Å². The molecule has 0 spiro atoms. The van der Waals surface area contributed by atoms with Crippen LogP contribution in [0.2, 0.25) is 0 Å². The summed E-state index contributed by atoms with van der Waals surface area (Å²) < 4.78 is 12.0. The van der Waals surface area contributed by atoms with Crippen molar-refractivity contribution in [3.8, 4) is 5.75 Å². The Labute approximate surface area is 200 Å². The molecule has 1 aliphatic rings. The number of pyridine rings is 2. The van der Waals surface area contributed by atoms with Crippen molar-refractivity contribution >= 4 is 44.1 Å². The van der Waals surface area contributed by atoms with Crippen molar-refractivity contribution in [3.05, 3.63) is 66.1 Å². The van der Waals surface area contributed by atoms with Gasteiger partial charge in [-0.05, 0) is 36.4 Å². The first-order chi connectivity index (χ1) is 16.7. The van der Waals surface area contributed by atoms with Crippen molar-refractivity contribution < 1.29 is 14.3 Å². The van der Waals surface area contributed by atoms with E-state index in [1.807, 2.05) is 30.3 Å². The lowest BCUT2D eigenvalue weighted by atomic mass is 10.2. The maximum Gasteiger partial charge on any atom is 0.257 e. The number of nitrogens with zero attached hydrogens (tertiary/aromatic N) is 4. The smallest absolute Gasteiger partial charge is 0.257 e. The van der Waals surface area contributed by atoms with E-state index < -0.39 is 0 Å². The second kappa shape index (κ2) is 10.0. The van der Waals surface area contributed by atoms with Crippen LogP contribution in [0.3, 0.4) is 0 Å². The summed E-state index contributed by atoms with van der Waals surface area (Å²) in [6.07, 6.45) is 3.35. The number of aromatic nitrogens is 3. The Bertz CT molecular complexity index is 1290. The Morgan fingerprint density at radius 1 is 1.15 bits per heavy atom. The Kier molecular flexibility index (Phi) is 6.50. The van der Waals surface area contributed by atoms with Crippen LogP contribution in [0, 0.1) is 0 Å². The first-order valence-electron chi connectivity index (χ1n) is 10.9. The quantitative estimate of drug-likeness (QED) is 0.415. The molecule has 9 nitrogen and oxygen atoms in total. The molecule has 0 atom stereocenters. The van der Waals surface area contributed by atoms with Crippen molar-refractivity contribution in [2.75, 3.05) is 48.9 Å². The first kappa shape index (κ1) is 22.1. The number of fused-ring (bicyclic) bond motifs is 1. The topological polar surface area (TPSA) is 102 Å². The van der Waals surface area contributed by atoms with Gasteiger partial charge in [0.05, 0.1) is 42.9 Å². The minimum absolute atomic E-state index is 0.255. The summed E-state index contributed by atoms with van der Waals surface area (Å²) in [5.41, 5.74) is 3.18. The van der Waals surface area contributed by atoms with E-state index in [4.69, 9.17) is 9.47 Å². The maximum absolute atomic E-state index is 13.0. The normalized spacial score (nSPS) is 13.6. The largest absolute Gasteiger partial charge is 0.494 e. The summed E-state index contributed by atoms with van der Waals surface area (Å²) >= 11 is 1.44. The summed E-state index contributed by atoms with van der Waals surface area (Å²) in [5, 5.41) is 6.65. The second-order valence-electron chi connectivity index (χ2n) is 7.64. The van der Waals surface area contributed by atoms with E-state index in [2.05, 4.69) is 30.5 Å². The molecule has 1 fully saturated rings.